The Morgan fingerprint density at radius 3 is 2.59 bits per heavy atom. The standard InChI is InChI=1S/C18H17ClN2O/c1-12(2)11-21-17-14(4-3-9-20-17)10-16(18(21)22)13-5-7-15(19)8-6-13/h3-10,12H,11H2,1-2H3. The summed E-state index contributed by atoms with van der Waals surface area (Å²) in [7, 11) is 0. The van der Waals surface area contributed by atoms with Crippen molar-refractivity contribution in [3.63, 3.8) is 0 Å². The molecule has 3 rings (SSSR count). The zero-order valence-electron chi connectivity index (χ0n) is 12.6. The van der Waals surface area contributed by atoms with E-state index in [0.29, 0.717) is 23.0 Å². The van der Waals surface area contributed by atoms with Crippen molar-refractivity contribution in [1.29, 1.82) is 0 Å². The van der Waals surface area contributed by atoms with Crippen LogP contribution in [0, 0.1) is 5.92 Å². The fourth-order valence-corrected chi connectivity index (χ4v) is 2.70. The minimum atomic E-state index is -0.0118. The molecule has 0 amide bonds. The Hall–Kier alpha value is -2.13. The summed E-state index contributed by atoms with van der Waals surface area (Å²) < 4.78 is 1.77. The third-order valence-electron chi connectivity index (χ3n) is 3.55. The van der Waals surface area contributed by atoms with Crippen molar-refractivity contribution < 1.29 is 0 Å². The van der Waals surface area contributed by atoms with E-state index in [1.54, 1.807) is 22.9 Å². The fourth-order valence-electron chi connectivity index (χ4n) is 2.58. The number of pyridine rings is 2. The molecular weight excluding hydrogens is 296 g/mol. The predicted molar refractivity (Wildman–Crippen MR) is 91.3 cm³/mol. The Bertz CT molecular complexity index is 866. The smallest absolute Gasteiger partial charge is 0.260 e. The highest BCUT2D eigenvalue weighted by atomic mass is 35.5. The summed E-state index contributed by atoms with van der Waals surface area (Å²) in [5, 5.41) is 1.63. The number of halogens is 1. The Balaban J connectivity index is 2.29. The van der Waals surface area contributed by atoms with Gasteiger partial charge < -0.3 is 0 Å². The number of fused-ring (bicyclic) bond motifs is 1. The number of hydrogen-bond donors (Lipinski definition) is 0. The molecule has 2 heterocycles. The van der Waals surface area contributed by atoms with Crippen LogP contribution in [0.1, 0.15) is 13.8 Å². The van der Waals surface area contributed by atoms with Crippen molar-refractivity contribution in [1.82, 2.24) is 9.55 Å². The van der Waals surface area contributed by atoms with Gasteiger partial charge in [-0.15, -0.1) is 0 Å². The average molecular weight is 313 g/mol. The largest absolute Gasteiger partial charge is 0.292 e. The molecule has 22 heavy (non-hydrogen) atoms. The maximum Gasteiger partial charge on any atom is 0.260 e. The summed E-state index contributed by atoms with van der Waals surface area (Å²) in [6.07, 6.45) is 1.72. The second-order valence-electron chi connectivity index (χ2n) is 5.79. The van der Waals surface area contributed by atoms with Crippen molar-refractivity contribution in [3.8, 4) is 11.1 Å². The van der Waals surface area contributed by atoms with Crippen molar-refractivity contribution in [2.75, 3.05) is 0 Å². The van der Waals surface area contributed by atoms with E-state index in [4.69, 9.17) is 11.6 Å². The molecule has 0 spiro atoms. The van der Waals surface area contributed by atoms with Crippen LogP contribution in [0.3, 0.4) is 0 Å². The van der Waals surface area contributed by atoms with E-state index in [9.17, 15) is 4.79 Å². The lowest BCUT2D eigenvalue weighted by Gasteiger charge is -2.14. The van der Waals surface area contributed by atoms with E-state index in [-0.39, 0.29) is 5.56 Å². The second-order valence-corrected chi connectivity index (χ2v) is 6.23. The van der Waals surface area contributed by atoms with Gasteiger partial charge in [-0.1, -0.05) is 37.6 Å². The average Bonchev–Trinajstić information content (AvgIpc) is 2.50. The van der Waals surface area contributed by atoms with Crippen LogP contribution < -0.4 is 5.56 Å². The summed E-state index contributed by atoms with van der Waals surface area (Å²) in [4.78, 5) is 17.3. The summed E-state index contributed by atoms with van der Waals surface area (Å²) in [5.41, 5.74) is 2.27. The van der Waals surface area contributed by atoms with Gasteiger partial charge in [0.15, 0.2) is 0 Å². The molecule has 0 N–H and O–H groups in total. The van der Waals surface area contributed by atoms with E-state index in [1.165, 1.54) is 0 Å². The molecule has 0 fully saturated rings. The minimum Gasteiger partial charge on any atom is -0.292 e. The van der Waals surface area contributed by atoms with Crippen LogP contribution in [-0.4, -0.2) is 9.55 Å². The highest BCUT2D eigenvalue weighted by Crippen LogP contribution is 2.22. The Morgan fingerprint density at radius 1 is 1.18 bits per heavy atom. The van der Waals surface area contributed by atoms with Crippen LogP contribution in [0.2, 0.25) is 5.02 Å². The van der Waals surface area contributed by atoms with Crippen LogP contribution in [-0.2, 0) is 6.54 Å². The molecule has 4 heteroatoms. The lowest BCUT2D eigenvalue weighted by molar-refractivity contribution is 0.521. The van der Waals surface area contributed by atoms with E-state index in [0.717, 1.165) is 16.6 Å². The summed E-state index contributed by atoms with van der Waals surface area (Å²) >= 11 is 5.94. The van der Waals surface area contributed by atoms with Gasteiger partial charge in [0, 0.05) is 28.7 Å². The number of hydrogen-bond acceptors (Lipinski definition) is 2. The number of rotatable bonds is 3. The van der Waals surface area contributed by atoms with Crippen molar-refractivity contribution in [3.05, 3.63) is 64.0 Å². The van der Waals surface area contributed by atoms with Gasteiger partial charge in [0.1, 0.15) is 5.65 Å². The minimum absolute atomic E-state index is 0.0118. The van der Waals surface area contributed by atoms with E-state index < -0.39 is 0 Å². The van der Waals surface area contributed by atoms with Gasteiger partial charge in [-0.2, -0.15) is 0 Å². The lowest BCUT2D eigenvalue weighted by Crippen LogP contribution is -2.24. The molecule has 3 nitrogen and oxygen atoms in total. The van der Waals surface area contributed by atoms with Crippen molar-refractivity contribution >= 4 is 22.6 Å². The predicted octanol–water partition coefficient (Wildman–Crippen LogP) is 4.37. The quantitative estimate of drug-likeness (QED) is 0.719. The highest BCUT2D eigenvalue weighted by Gasteiger charge is 2.12. The Labute approximate surface area is 134 Å². The molecule has 112 valence electrons. The molecule has 0 unspecified atom stereocenters. The van der Waals surface area contributed by atoms with Crippen molar-refractivity contribution in [2.45, 2.75) is 20.4 Å². The zero-order chi connectivity index (χ0) is 15.7. The molecule has 0 atom stereocenters. The van der Waals surface area contributed by atoms with Gasteiger partial charge in [-0.25, -0.2) is 4.98 Å². The van der Waals surface area contributed by atoms with Gasteiger partial charge in [-0.05, 0) is 41.8 Å². The highest BCUT2D eigenvalue weighted by molar-refractivity contribution is 6.30. The first kappa shape index (κ1) is 14.8. The lowest BCUT2D eigenvalue weighted by atomic mass is 10.1. The first-order valence-corrected chi connectivity index (χ1v) is 7.68. The Kier molecular flexibility index (Phi) is 3.99. The molecule has 3 aromatic rings. The molecule has 0 radical (unpaired) electrons. The SMILES string of the molecule is CC(C)Cn1c(=O)c(-c2ccc(Cl)cc2)cc2cccnc21. The normalized spacial score (nSPS) is 11.3. The fraction of sp³-hybridized carbons (Fsp3) is 0.222. The molecule has 0 saturated carbocycles. The van der Waals surface area contributed by atoms with Gasteiger partial charge in [0.2, 0.25) is 0 Å². The molecule has 0 bridgehead atoms. The van der Waals surface area contributed by atoms with Crippen LogP contribution in [0.15, 0.2) is 53.5 Å². The molecule has 0 aliphatic rings. The van der Waals surface area contributed by atoms with Crippen LogP contribution in [0.5, 0.6) is 0 Å². The summed E-state index contributed by atoms with van der Waals surface area (Å²) in [5.74, 6) is 0.364. The molecule has 0 saturated heterocycles. The molecule has 0 aliphatic carbocycles. The Morgan fingerprint density at radius 2 is 1.91 bits per heavy atom. The first-order valence-electron chi connectivity index (χ1n) is 7.31. The van der Waals surface area contributed by atoms with Crippen LogP contribution >= 0.6 is 11.6 Å². The van der Waals surface area contributed by atoms with E-state index in [2.05, 4.69) is 18.8 Å². The van der Waals surface area contributed by atoms with Crippen LogP contribution in [0.25, 0.3) is 22.2 Å². The molecular formula is C18H17ClN2O. The first-order chi connectivity index (χ1) is 10.6. The third-order valence-corrected chi connectivity index (χ3v) is 3.80. The monoisotopic (exact) mass is 312 g/mol. The van der Waals surface area contributed by atoms with Gasteiger partial charge in [0.25, 0.3) is 5.56 Å². The number of benzene rings is 1. The summed E-state index contributed by atoms with van der Waals surface area (Å²) in [6, 6.07) is 13.1. The van der Waals surface area contributed by atoms with E-state index in [1.807, 2.05) is 30.3 Å². The topological polar surface area (TPSA) is 34.9 Å². The molecule has 2 aromatic heterocycles. The van der Waals surface area contributed by atoms with Gasteiger partial charge in [-0.3, -0.25) is 9.36 Å². The molecule has 0 aliphatic heterocycles. The van der Waals surface area contributed by atoms with Crippen molar-refractivity contribution in [2.24, 2.45) is 5.92 Å². The molecule has 1 aromatic carbocycles. The van der Waals surface area contributed by atoms with Crippen LogP contribution in [0.4, 0.5) is 0 Å². The maximum absolute atomic E-state index is 12.9. The van der Waals surface area contributed by atoms with Gasteiger partial charge >= 0.3 is 0 Å². The van der Waals surface area contributed by atoms with E-state index >= 15 is 0 Å². The second kappa shape index (κ2) is 5.93. The summed E-state index contributed by atoms with van der Waals surface area (Å²) in [6.45, 7) is 4.83. The zero-order valence-corrected chi connectivity index (χ0v) is 13.3. The maximum atomic E-state index is 12.9. The van der Waals surface area contributed by atoms with Gasteiger partial charge in [0.05, 0.1) is 0 Å². The number of aromatic nitrogens is 2. The third kappa shape index (κ3) is 2.77. The number of nitrogens with zero attached hydrogens (tertiary/aromatic N) is 2.